The number of thiazole rings is 1. The molecule has 2 aliphatic heterocycles. The van der Waals surface area contributed by atoms with Crippen molar-refractivity contribution in [1.82, 2.24) is 20.5 Å². The van der Waals surface area contributed by atoms with Gasteiger partial charge in [-0.3, -0.25) is 24.1 Å². The van der Waals surface area contributed by atoms with Gasteiger partial charge in [-0.1, -0.05) is 57.9 Å². The van der Waals surface area contributed by atoms with Crippen molar-refractivity contribution in [1.29, 1.82) is 5.26 Å². The molecule has 16 nitrogen and oxygen atoms in total. The molecule has 4 aromatic rings. The van der Waals surface area contributed by atoms with Gasteiger partial charge in [-0.05, 0) is 118 Å². The highest BCUT2D eigenvalue weighted by molar-refractivity contribution is 7.13. The van der Waals surface area contributed by atoms with Gasteiger partial charge in [-0.15, -0.1) is 11.3 Å². The van der Waals surface area contributed by atoms with Crippen molar-refractivity contribution < 1.29 is 56.5 Å². The summed E-state index contributed by atoms with van der Waals surface area (Å²) in [6.45, 7) is 13.7. The van der Waals surface area contributed by atoms with Crippen LogP contribution in [-0.2, 0) is 41.4 Å². The number of nitrogens with one attached hydrogen (secondary N) is 2. The van der Waals surface area contributed by atoms with Crippen molar-refractivity contribution in [2.75, 3.05) is 49.4 Å². The predicted molar refractivity (Wildman–Crippen MR) is 282 cm³/mol. The number of amides is 6. The van der Waals surface area contributed by atoms with E-state index in [0.717, 1.165) is 78.8 Å². The molecule has 410 valence electrons. The van der Waals surface area contributed by atoms with E-state index in [1.165, 1.54) is 29.7 Å². The molecule has 1 aromatic heterocycles. The average Bonchev–Trinajstić information content (AvgIpc) is 4.12. The van der Waals surface area contributed by atoms with Crippen LogP contribution in [0.3, 0.4) is 0 Å². The molecule has 2 saturated heterocycles. The molecule has 20 heteroatoms. The monoisotopic (exact) mass is 1070 g/mol. The smallest absolute Gasteiger partial charge is 0.417 e. The van der Waals surface area contributed by atoms with E-state index in [1.54, 1.807) is 35.6 Å². The molecular weight excluding hydrogens is 1000 g/mol. The van der Waals surface area contributed by atoms with Gasteiger partial charge in [0.15, 0.2) is 0 Å². The van der Waals surface area contributed by atoms with Gasteiger partial charge in [0.25, 0.3) is 5.91 Å². The Morgan fingerprint density at radius 1 is 0.868 bits per heavy atom. The molecule has 0 aliphatic carbocycles. The van der Waals surface area contributed by atoms with Crippen LogP contribution in [0.2, 0.25) is 0 Å². The lowest BCUT2D eigenvalue weighted by molar-refractivity contribution is -0.144. The second-order valence-electron chi connectivity index (χ2n) is 20.7. The molecule has 0 bridgehead atoms. The molecule has 2 fully saturated rings. The van der Waals surface area contributed by atoms with Crippen LogP contribution in [0, 0.1) is 23.7 Å². The lowest BCUT2D eigenvalue weighted by Gasteiger charge is -2.35. The van der Waals surface area contributed by atoms with Crippen molar-refractivity contribution in [3.8, 4) is 22.3 Å². The summed E-state index contributed by atoms with van der Waals surface area (Å²) in [6, 6.07) is 16.1. The number of nitrogens with zero attached hydrogens (tertiary/aromatic N) is 5. The Hall–Kier alpha value is -6.40. The first-order valence-electron chi connectivity index (χ1n) is 25.8. The lowest BCUT2D eigenvalue weighted by atomic mass is 9.85. The van der Waals surface area contributed by atoms with Crippen molar-refractivity contribution in [3.63, 3.8) is 0 Å². The summed E-state index contributed by atoms with van der Waals surface area (Å²) >= 11 is 1.57. The van der Waals surface area contributed by atoms with Crippen LogP contribution in [0.25, 0.3) is 10.4 Å². The third-order valence-electron chi connectivity index (χ3n) is 13.4. The van der Waals surface area contributed by atoms with Crippen LogP contribution in [0.4, 0.5) is 29.3 Å². The Balaban J connectivity index is 0.785. The maximum absolute atomic E-state index is 14.0. The number of unbranched alkanes of at least 4 members (excludes halogenated alkanes) is 5. The molecule has 6 amide bonds. The summed E-state index contributed by atoms with van der Waals surface area (Å²) < 4.78 is 58.4. The number of benzene rings is 3. The van der Waals surface area contributed by atoms with Crippen LogP contribution in [-0.4, -0.2) is 108 Å². The number of rotatable bonds is 26. The number of aryl methyl sites for hydroxylation is 1. The maximum Gasteiger partial charge on any atom is 0.417 e. The molecule has 3 N–H and O–H groups in total. The summed E-state index contributed by atoms with van der Waals surface area (Å²) in [7, 11) is 0. The number of β-amino-alcohol motifs (C(OH)–C–C–N with tert-alkyl or cyclic N) is 1. The molecule has 0 unspecified atom stereocenters. The van der Waals surface area contributed by atoms with Gasteiger partial charge in [0, 0.05) is 58.0 Å². The minimum absolute atomic E-state index is 0.0102. The standard InChI is InChI=1S/C56H70F3N7O9S/c1-37-48(76-36-62-37)39-18-16-38(17-19-39)34-61-50(69)46-32-43(67)35-64(46)51(70)49(54(2,3)4)63-47(68)15-9-7-8-10-26-73-27-11-12-28-74-29-13-14-30-75-44-24-22-41(23-25-44)66-53(72)65(52(71)55(66,5)6)42-21-20-40(33-60)45(31-42)56(57,58)59/h16-25,31,36,43,46,49,67H,7-15,26-30,32,34-35H2,1-6H3,(H,61,69)(H,63,68)/t43-,46+,49-/m1/s1. The van der Waals surface area contributed by atoms with Crippen molar-refractivity contribution in [2.45, 2.75) is 142 Å². The number of urea groups is 1. The molecular formula is C56H70F3N7O9S. The fourth-order valence-corrected chi connectivity index (χ4v) is 9.93. The largest absolute Gasteiger partial charge is 0.494 e. The van der Waals surface area contributed by atoms with E-state index in [9.17, 15) is 42.3 Å². The predicted octanol–water partition coefficient (Wildman–Crippen LogP) is 9.49. The zero-order valence-electron chi connectivity index (χ0n) is 44.2. The molecule has 6 rings (SSSR count). The number of halogens is 3. The van der Waals surface area contributed by atoms with Gasteiger partial charge < -0.3 is 34.9 Å². The van der Waals surface area contributed by atoms with Gasteiger partial charge >= 0.3 is 12.2 Å². The second-order valence-corrected chi connectivity index (χ2v) is 21.6. The van der Waals surface area contributed by atoms with Crippen molar-refractivity contribution in [3.05, 3.63) is 94.6 Å². The quantitative estimate of drug-likeness (QED) is 0.0399. The Labute approximate surface area is 446 Å². The number of ether oxygens (including phenoxy) is 3. The Kier molecular flexibility index (Phi) is 20.6. The number of carbonyl (C=O) groups is 5. The van der Waals surface area contributed by atoms with Gasteiger partial charge in [0.1, 0.15) is 23.4 Å². The molecule has 2 aliphatic rings. The second kappa shape index (κ2) is 26.6. The minimum atomic E-state index is -4.86. The molecule has 0 radical (unpaired) electrons. The van der Waals surface area contributed by atoms with Crippen LogP contribution < -0.4 is 25.2 Å². The summed E-state index contributed by atoms with van der Waals surface area (Å²) in [5, 5.41) is 25.6. The summed E-state index contributed by atoms with van der Waals surface area (Å²) in [6.07, 6.45) is 1.14. The highest BCUT2D eigenvalue weighted by atomic mass is 32.1. The van der Waals surface area contributed by atoms with E-state index in [0.29, 0.717) is 61.9 Å². The van der Waals surface area contributed by atoms with E-state index in [4.69, 9.17) is 19.5 Å². The number of hydrogen-bond acceptors (Lipinski definition) is 12. The highest BCUT2D eigenvalue weighted by Gasteiger charge is 2.53. The molecule has 3 aromatic carbocycles. The van der Waals surface area contributed by atoms with Crippen LogP contribution >= 0.6 is 11.3 Å². The van der Waals surface area contributed by atoms with Crippen molar-refractivity contribution in [2.24, 2.45) is 5.41 Å². The summed E-state index contributed by atoms with van der Waals surface area (Å²) in [5.74, 6) is -1.15. The summed E-state index contributed by atoms with van der Waals surface area (Å²) in [4.78, 5) is 76.2. The number of aromatic nitrogens is 1. The van der Waals surface area contributed by atoms with Gasteiger partial charge in [-0.25, -0.2) is 14.7 Å². The number of imide groups is 1. The maximum atomic E-state index is 14.0. The Bertz CT molecular complexity index is 2670. The van der Waals surface area contributed by atoms with E-state index < -0.39 is 58.4 Å². The van der Waals surface area contributed by atoms with Gasteiger partial charge in [0.2, 0.25) is 17.7 Å². The van der Waals surface area contributed by atoms with Crippen LogP contribution in [0.5, 0.6) is 5.75 Å². The third kappa shape index (κ3) is 15.4. The molecule has 76 heavy (non-hydrogen) atoms. The van der Waals surface area contributed by atoms with E-state index in [2.05, 4.69) is 15.6 Å². The number of aliphatic hydroxyl groups is 1. The van der Waals surface area contributed by atoms with E-state index in [-0.39, 0.29) is 49.3 Å². The Morgan fingerprint density at radius 2 is 1.47 bits per heavy atom. The van der Waals surface area contributed by atoms with E-state index >= 15 is 0 Å². The lowest BCUT2D eigenvalue weighted by Crippen LogP contribution is -2.57. The highest BCUT2D eigenvalue weighted by Crippen LogP contribution is 2.40. The normalized spacial score (nSPS) is 17.0. The number of hydrogen-bond donors (Lipinski definition) is 3. The molecule has 0 saturated carbocycles. The number of nitriles is 1. The Morgan fingerprint density at radius 3 is 2.07 bits per heavy atom. The number of alkyl halides is 3. The van der Waals surface area contributed by atoms with E-state index in [1.807, 2.05) is 57.5 Å². The number of likely N-dealkylation sites (tertiary alicyclic amines) is 1. The van der Waals surface area contributed by atoms with Crippen LogP contribution in [0.1, 0.15) is 121 Å². The topological polar surface area (TPSA) is 204 Å². The SMILES string of the molecule is Cc1ncsc1-c1ccc(CNC(=O)[C@@H]2C[C@@H](O)CN2C(=O)[C@@H](NC(=O)CCCCCCOCCCCOCCCCOc2ccc(N3C(=O)N(c4ccc(C#N)c(C(F)(F)F)c4)C(=O)C3(C)C)cc2)C(C)(C)C)cc1. The molecule has 3 atom stereocenters. The first-order valence-corrected chi connectivity index (χ1v) is 26.7. The first kappa shape index (κ1) is 58.9. The number of aliphatic hydroxyl groups excluding tert-OH is 1. The van der Waals surface area contributed by atoms with Gasteiger partial charge in [-0.2, -0.15) is 18.4 Å². The average molecular weight is 1070 g/mol. The van der Waals surface area contributed by atoms with Gasteiger partial charge in [0.05, 0.1) is 51.7 Å². The summed E-state index contributed by atoms with van der Waals surface area (Å²) in [5.41, 5.74) is 0.897. The zero-order valence-corrected chi connectivity index (χ0v) is 45.0. The fraction of sp³-hybridized carbons (Fsp3) is 0.518. The molecule has 0 spiro atoms. The fourth-order valence-electron chi connectivity index (χ4n) is 9.12. The first-order chi connectivity index (χ1) is 36.1. The van der Waals surface area contributed by atoms with Crippen molar-refractivity contribution >= 4 is 52.4 Å². The number of carbonyl (C=O) groups excluding carboxylic acids is 5. The number of anilines is 2. The molecule has 3 heterocycles. The third-order valence-corrected chi connectivity index (χ3v) is 14.4. The van der Waals surface area contributed by atoms with Crippen LogP contribution in [0.15, 0.2) is 72.2 Å². The minimum Gasteiger partial charge on any atom is -0.494 e. The zero-order chi connectivity index (χ0) is 55.2.